The molecule has 1 N–H and O–H groups in total. The Balaban J connectivity index is 2.20. The van der Waals surface area contributed by atoms with Gasteiger partial charge >= 0.3 is 0 Å². The lowest BCUT2D eigenvalue weighted by Crippen LogP contribution is -2.08. The van der Waals surface area contributed by atoms with Crippen LogP contribution in [0.2, 0.25) is 0 Å². The Kier molecular flexibility index (Phi) is 5.92. The third kappa shape index (κ3) is 4.33. The zero-order chi connectivity index (χ0) is 15.6. The number of nitrogens with one attached hydrogen (secondary N) is 1. The molecule has 0 fully saturated rings. The summed E-state index contributed by atoms with van der Waals surface area (Å²) in [7, 11) is 0. The van der Waals surface area contributed by atoms with Crippen molar-refractivity contribution in [3.63, 3.8) is 0 Å². The molecule has 112 valence electrons. The van der Waals surface area contributed by atoms with Crippen molar-refractivity contribution in [3.05, 3.63) is 60.9 Å². The van der Waals surface area contributed by atoms with Gasteiger partial charge in [-0.3, -0.25) is 0 Å². The topological polar surface area (TPSA) is 12.0 Å². The van der Waals surface area contributed by atoms with E-state index in [0.717, 1.165) is 19.1 Å². The lowest BCUT2D eigenvalue weighted by atomic mass is 9.99. The number of benzene rings is 2. The van der Waals surface area contributed by atoms with Crippen LogP contribution < -0.4 is 5.32 Å². The van der Waals surface area contributed by atoms with Crippen LogP contribution in [-0.2, 0) is 0 Å². The largest absolute Gasteiger partial charge is 0.377 e. The maximum Gasteiger partial charge on any atom is 0.0634 e. The molecule has 21 heavy (non-hydrogen) atoms. The van der Waals surface area contributed by atoms with Crippen molar-refractivity contribution >= 4 is 53.5 Å². The molecule has 1 unspecified atom stereocenters. The first kappa shape index (κ1) is 17.0. The van der Waals surface area contributed by atoms with Gasteiger partial charge in [-0.1, -0.05) is 54.0 Å². The van der Waals surface area contributed by atoms with E-state index in [2.05, 4.69) is 98.1 Å². The van der Waals surface area contributed by atoms with E-state index < -0.39 is 0 Å². The number of hydrogen-bond donors (Lipinski definition) is 1. The molecular formula is C17H18Br3N. The van der Waals surface area contributed by atoms with Gasteiger partial charge in [-0.05, 0) is 68.0 Å². The van der Waals surface area contributed by atoms with E-state index in [1.165, 1.54) is 11.1 Å². The fourth-order valence-electron chi connectivity index (χ4n) is 2.15. The van der Waals surface area contributed by atoms with E-state index in [9.17, 15) is 0 Å². The molecule has 0 aromatic heterocycles. The fourth-order valence-corrected chi connectivity index (χ4v) is 4.64. The van der Waals surface area contributed by atoms with Crippen molar-refractivity contribution < 1.29 is 0 Å². The van der Waals surface area contributed by atoms with Crippen LogP contribution in [0, 0.1) is 0 Å². The third-order valence-electron chi connectivity index (χ3n) is 3.47. The Morgan fingerprint density at radius 3 is 1.76 bits per heavy atom. The minimum atomic E-state index is 0.236. The standard InChI is InChI=1S/C17H18Br3N/c1-10(2)12-4-6-13(7-5-12)11(3)21-17-15(19)8-14(18)9-16(17)20/h4-11,21H,1-3H3. The van der Waals surface area contributed by atoms with Crippen molar-refractivity contribution in [2.45, 2.75) is 32.7 Å². The predicted octanol–water partition coefficient (Wildman–Crippen LogP) is 7.27. The number of rotatable bonds is 4. The first-order chi connectivity index (χ1) is 9.88. The van der Waals surface area contributed by atoms with Crippen molar-refractivity contribution in [2.24, 2.45) is 0 Å². The SMILES string of the molecule is CC(C)c1ccc(C(C)Nc2c(Br)cc(Br)cc2Br)cc1. The van der Waals surface area contributed by atoms with Crippen LogP contribution in [0.4, 0.5) is 5.69 Å². The molecule has 0 aliphatic heterocycles. The maximum absolute atomic E-state index is 3.61. The van der Waals surface area contributed by atoms with Gasteiger partial charge in [-0.2, -0.15) is 0 Å². The van der Waals surface area contributed by atoms with Gasteiger partial charge in [0.1, 0.15) is 0 Å². The number of anilines is 1. The average molecular weight is 476 g/mol. The molecule has 0 aliphatic carbocycles. The molecule has 1 atom stereocenters. The van der Waals surface area contributed by atoms with E-state index in [1.807, 2.05) is 12.1 Å². The van der Waals surface area contributed by atoms with Crippen molar-refractivity contribution in [3.8, 4) is 0 Å². The van der Waals surface area contributed by atoms with E-state index in [0.29, 0.717) is 5.92 Å². The monoisotopic (exact) mass is 473 g/mol. The minimum absolute atomic E-state index is 0.236. The van der Waals surface area contributed by atoms with Gasteiger partial charge in [0.05, 0.1) is 5.69 Å². The average Bonchev–Trinajstić information content (AvgIpc) is 2.42. The van der Waals surface area contributed by atoms with Crippen LogP contribution in [0.1, 0.15) is 43.9 Å². The molecule has 0 saturated heterocycles. The summed E-state index contributed by atoms with van der Waals surface area (Å²) in [4.78, 5) is 0. The van der Waals surface area contributed by atoms with E-state index >= 15 is 0 Å². The van der Waals surface area contributed by atoms with Gasteiger partial charge in [0.2, 0.25) is 0 Å². The highest BCUT2D eigenvalue weighted by atomic mass is 79.9. The Bertz CT molecular complexity index is 597. The molecule has 0 heterocycles. The zero-order valence-corrected chi connectivity index (χ0v) is 17.0. The molecule has 0 saturated carbocycles. The lowest BCUT2D eigenvalue weighted by Gasteiger charge is -2.19. The minimum Gasteiger partial charge on any atom is -0.377 e. The molecular weight excluding hydrogens is 458 g/mol. The molecule has 2 rings (SSSR count). The molecule has 0 amide bonds. The van der Waals surface area contributed by atoms with Gasteiger partial charge in [-0.25, -0.2) is 0 Å². The van der Waals surface area contributed by atoms with Crippen LogP contribution in [0.3, 0.4) is 0 Å². The van der Waals surface area contributed by atoms with Crippen LogP contribution in [0.15, 0.2) is 49.8 Å². The quantitative estimate of drug-likeness (QED) is 0.490. The maximum atomic E-state index is 3.61. The van der Waals surface area contributed by atoms with E-state index in [-0.39, 0.29) is 6.04 Å². The summed E-state index contributed by atoms with van der Waals surface area (Å²) in [6.07, 6.45) is 0. The van der Waals surface area contributed by atoms with Gasteiger partial charge < -0.3 is 5.32 Å². The van der Waals surface area contributed by atoms with Crippen LogP contribution >= 0.6 is 47.8 Å². The molecule has 4 heteroatoms. The first-order valence-corrected chi connectivity index (χ1v) is 9.27. The summed E-state index contributed by atoms with van der Waals surface area (Å²) in [6.45, 7) is 6.60. The zero-order valence-electron chi connectivity index (χ0n) is 12.3. The Hall–Kier alpha value is -0.320. The van der Waals surface area contributed by atoms with Crippen LogP contribution in [-0.4, -0.2) is 0 Å². The van der Waals surface area contributed by atoms with Crippen molar-refractivity contribution in [1.29, 1.82) is 0 Å². The molecule has 2 aromatic rings. The molecule has 0 bridgehead atoms. The first-order valence-electron chi connectivity index (χ1n) is 6.89. The van der Waals surface area contributed by atoms with Crippen LogP contribution in [0.5, 0.6) is 0 Å². The van der Waals surface area contributed by atoms with Gasteiger partial charge in [0, 0.05) is 19.5 Å². The summed E-state index contributed by atoms with van der Waals surface area (Å²) in [5.74, 6) is 0.567. The normalized spacial score (nSPS) is 12.5. The van der Waals surface area contributed by atoms with Crippen molar-refractivity contribution in [2.75, 3.05) is 5.32 Å². The van der Waals surface area contributed by atoms with E-state index in [1.54, 1.807) is 0 Å². The van der Waals surface area contributed by atoms with Gasteiger partial charge in [0.15, 0.2) is 0 Å². The molecule has 0 aliphatic rings. The summed E-state index contributed by atoms with van der Waals surface area (Å²) in [5, 5.41) is 3.56. The third-order valence-corrected chi connectivity index (χ3v) is 5.18. The summed E-state index contributed by atoms with van der Waals surface area (Å²) in [5.41, 5.74) is 3.72. The predicted molar refractivity (Wildman–Crippen MR) is 102 cm³/mol. The lowest BCUT2D eigenvalue weighted by molar-refractivity contribution is 0.851. The Morgan fingerprint density at radius 1 is 0.810 bits per heavy atom. The Labute approximate surface area is 151 Å². The highest BCUT2D eigenvalue weighted by molar-refractivity contribution is 9.11. The summed E-state index contributed by atoms with van der Waals surface area (Å²) < 4.78 is 3.12. The summed E-state index contributed by atoms with van der Waals surface area (Å²) >= 11 is 10.7. The second-order valence-corrected chi connectivity index (χ2v) is 8.06. The molecule has 1 nitrogen and oxygen atoms in total. The summed E-state index contributed by atoms with van der Waals surface area (Å²) in [6, 6.07) is 13.2. The molecule has 0 spiro atoms. The smallest absolute Gasteiger partial charge is 0.0634 e. The number of halogens is 3. The van der Waals surface area contributed by atoms with Crippen molar-refractivity contribution in [1.82, 2.24) is 0 Å². The second-order valence-electron chi connectivity index (χ2n) is 5.43. The van der Waals surface area contributed by atoms with E-state index in [4.69, 9.17) is 0 Å². The Morgan fingerprint density at radius 2 is 1.29 bits per heavy atom. The highest BCUT2D eigenvalue weighted by Gasteiger charge is 2.11. The highest BCUT2D eigenvalue weighted by Crippen LogP contribution is 2.36. The molecule has 0 radical (unpaired) electrons. The van der Waals surface area contributed by atoms with Crippen LogP contribution in [0.25, 0.3) is 0 Å². The number of hydrogen-bond acceptors (Lipinski definition) is 1. The van der Waals surface area contributed by atoms with Gasteiger partial charge in [-0.15, -0.1) is 0 Å². The fraction of sp³-hybridized carbons (Fsp3) is 0.294. The second kappa shape index (κ2) is 7.30. The molecule has 2 aromatic carbocycles. The van der Waals surface area contributed by atoms with Gasteiger partial charge in [0.25, 0.3) is 0 Å².